The Bertz CT molecular complexity index is 482. The van der Waals surface area contributed by atoms with Crippen molar-refractivity contribution in [2.24, 2.45) is 0 Å². The van der Waals surface area contributed by atoms with E-state index in [0.717, 1.165) is 32.1 Å². The molecule has 6 heteroatoms. The predicted octanol–water partition coefficient (Wildman–Crippen LogP) is 6.06. The van der Waals surface area contributed by atoms with Crippen molar-refractivity contribution in [2.45, 2.75) is 117 Å². The number of esters is 3. The molecule has 0 radical (unpaired) electrons. The van der Waals surface area contributed by atoms with Gasteiger partial charge in [0.15, 0.2) is 6.10 Å². The number of carbonyl (C=O) groups excluding carboxylic acids is 3. The highest BCUT2D eigenvalue weighted by Gasteiger charge is 2.17. The summed E-state index contributed by atoms with van der Waals surface area (Å²) >= 11 is 0. The van der Waals surface area contributed by atoms with Crippen LogP contribution in [-0.2, 0) is 28.6 Å². The topological polar surface area (TPSA) is 78.9 Å². The molecule has 0 fully saturated rings. The van der Waals surface area contributed by atoms with Crippen LogP contribution in [0.3, 0.4) is 0 Å². The fourth-order valence-corrected chi connectivity index (χ4v) is 3.12. The molecular formula is C25H44O6. The van der Waals surface area contributed by atoms with Crippen LogP contribution in [0.25, 0.3) is 0 Å². The maximum atomic E-state index is 12.0. The van der Waals surface area contributed by atoms with E-state index in [1.165, 1.54) is 65.2 Å². The van der Waals surface area contributed by atoms with Gasteiger partial charge in [-0.05, 0) is 32.1 Å². The first-order valence-corrected chi connectivity index (χ1v) is 12.1. The molecule has 0 aliphatic rings. The smallest absolute Gasteiger partial charge is 0.306 e. The van der Waals surface area contributed by atoms with E-state index in [1.54, 1.807) is 0 Å². The van der Waals surface area contributed by atoms with Crippen LogP contribution >= 0.6 is 0 Å². The standard InChI is InChI=1S/C25H44O6/c1-4-5-6-7-8-9-10-11-12-13-14-15-16-17-18-19-25(28)31-24(20-29-22(2)26)21-30-23(3)27/h11-12,24H,4-10,13-21H2,1-3H3. The van der Waals surface area contributed by atoms with E-state index >= 15 is 0 Å². The molecule has 31 heavy (non-hydrogen) atoms. The third-order valence-electron chi connectivity index (χ3n) is 4.89. The van der Waals surface area contributed by atoms with E-state index in [2.05, 4.69) is 19.1 Å². The van der Waals surface area contributed by atoms with Crippen molar-refractivity contribution in [1.82, 2.24) is 0 Å². The van der Waals surface area contributed by atoms with Crippen LogP contribution in [0.5, 0.6) is 0 Å². The number of carbonyl (C=O) groups is 3. The van der Waals surface area contributed by atoms with Gasteiger partial charge in [0, 0.05) is 20.3 Å². The lowest BCUT2D eigenvalue weighted by molar-refractivity contribution is -0.165. The summed E-state index contributed by atoms with van der Waals surface area (Å²) in [4.78, 5) is 33.8. The molecule has 0 aliphatic carbocycles. The lowest BCUT2D eigenvalue weighted by atomic mass is 10.1. The SMILES string of the molecule is CCCCCCCCC=CCCCCCCCC(=O)OC(COC(C)=O)COC(C)=O. The van der Waals surface area contributed by atoms with Gasteiger partial charge in [0.25, 0.3) is 0 Å². The summed E-state index contributed by atoms with van der Waals surface area (Å²) in [5.74, 6) is -1.30. The van der Waals surface area contributed by atoms with E-state index in [4.69, 9.17) is 14.2 Å². The molecule has 0 saturated carbocycles. The average molecular weight is 441 g/mol. The zero-order chi connectivity index (χ0) is 23.2. The summed E-state index contributed by atoms with van der Waals surface area (Å²) in [6.45, 7) is 4.57. The molecular weight excluding hydrogens is 396 g/mol. The molecule has 0 aromatic heterocycles. The molecule has 0 atom stereocenters. The van der Waals surface area contributed by atoms with Crippen LogP contribution in [-0.4, -0.2) is 37.2 Å². The molecule has 0 spiro atoms. The van der Waals surface area contributed by atoms with Crippen molar-refractivity contribution >= 4 is 17.9 Å². The number of allylic oxidation sites excluding steroid dienone is 2. The van der Waals surface area contributed by atoms with Crippen LogP contribution < -0.4 is 0 Å². The normalized spacial score (nSPS) is 11.1. The van der Waals surface area contributed by atoms with Crippen molar-refractivity contribution < 1.29 is 28.6 Å². The Hall–Kier alpha value is -1.85. The first-order chi connectivity index (χ1) is 15.0. The van der Waals surface area contributed by atoms with Crippen molar-refractivity contribution in [3.8, 4) is 0 Å². The minimum Gasteiger partial charge on any atom is -0.462 e. The second-order valence-electron chi connectivity index (χ2n) is 8.05. The van der Waals surface area contributed by atoms with Gasteiger partial charge in [-0.15, -0.1) is 0 Å². The Morgan fingerprint density at radius 1 is 0.677 bits per heavy atom. The summed E-state index contributed by atoms with van der Waals surface area (Å²) in [6, 6.07) is 0. The molecule has 0 aliphatic heterocycles. The lowest BCUT2D eigenvalue weighted by Crippen LogP contribution is -2.30. The minimum atomic E-state index is -0.761. The Labute approximate surface area is 189 Å². The third kappa shape index (κ3) is 22.7. The fourth-order valence-electron chi connectivity index (χ4n) is 3.12. The van der Waals surface area contributed by atoms with E-state index in [1.807, 2.05) is 0 Å². The second kappa shape index (κ2) is 21.4. The molecule has 0 heterocycles. The molecule has 0 N–H and O–H groups in total. The van der Waals surface area contributed by atoms with Gasteiger partial charge in [-0.1, -0.05) is 70.4 Å². The average Bonchev–Trinajstić information content (AvgIpc) is 2.72. The van der Waals surface area contributed by atoms with E-state index < -0.39 is 18.0 Å². The summed E-state index contributed by atoms with van der Waals surface area (Å²) in [5.41, 5.74) is 0. The predicted molar refractivity (Wildman–Crippen MR) is 123 cm³/mol. The second-order valence-corrected chi connectivity index (χ2v) is 8.05. The Kier molecular flexibility index (Phi) is 20.1. The number of hydrogen-bond donors (Lipinski definition) is 0. The first-order valence-electron chi connectivity index (χ1n) is 12.1. The molecule has 0 saturated heterocycles. The van der Waals surface area contributed by atoms with Crippen molar-refractivity contribution in [1.29, 1.82) is 0 Å². The van der Waals surface area contributed by atoms with Gasteiger partial charge in [0.1, 0.15) is 13.2 Å². The molecule has 0 amide bonds. The molecule has 0 bridgehead atoms. The van der Waals surface area contributed by atoms with E-state index in [-0.39, 0.29) is 19.2 Å². The fraction of sp³-hybridized carbons (Fsp3) is 0.800. The number of rotatable bonds is 20. The van der Waals surface area contributed by atoms with Crippen molar-refractivity contribution in [3.05, 3.63) is 12.2 Å². The number of ether oxygens (including phenoxy) is 3. The summed E-state index contributed by atoms with van der Waals surface area (Å²) in [6.07, 6.45) is 19.8. The van der Waals surface area contributed by atoms with Gasteiger partial charge < -0.3 is 14.2 Å². The highest BCUT2D eigenvalue weighted by Crippen LogP contribution is 2.11. The van der Waals surface area contributed by atoms with Crippen LogP contribution in [0.1, 0.15) is 111 Å². The minimum absolute atomic E-state index is 0.110. The first kappa shape index (κ1) is 29.1. The molecule has 0 aromatic carbocycles. The third-order valence-corrected chi connectivity index (χ3v) is 4.89. The Morgan fingerprint density at radius 3 is 1.61 bits per heavy atom. The van der Waals surface area contributed by atoms with Crippen molar-refractivity contribution in [2.75, 3.05) is 13.2 Å². The maximum absolute atomic E-state index is 12.0. The highest BCUT2D eigenvalue weighted by molar-refractivity contribution is 5.70. The van der Waals surface area contributed by atoms with Gasteiger partial charge in [0.2, 0.25) is 0 Å². The zero-order valence-electron chi connectivity index (χ0n) is 20.0. The number of hydrogen-bond acceptors (Lipinski definition) is 6. The van der Waals surface area contributed by atoms with Crippen LogP contribution in [0.2, 0.25) is 0 Å². The van der Waals surface area contributed by atoms with Crippen LogP contribution in [0.4, 0.5) is 0 Å². The molecule has 0 rings (SSSR count). The van der Waals surface area contributed by atoms with Gasteiger partial charge in [-0.25, -0.2) is 0 Å². The molecule has 6 nitrogen and oxygen atoms in total. The van der Waals surface area contributed by atoms with E-state index in [0.29, 0.717) is 6.42 Å². The summed E-state index contributed by atoms with van der Waals surface area (Å²) < 4.78 is 15.0. The monoisotopic (exact) mass is 440 g/mol. The quantitative estimate of drug-likeness (QED) is 0.0990. The Balaban J connectivity index is 3.66. The van der Waals surface area contributed by atoms with Gasteiger partial charge in [-0.3, -0.25) is 14.4 Å². The largest absolute Gasteiger partial charge is 0.462 e. The van der Waals surface area contributed by atoms with Gasteiger partial charge >= 0.3 is 17.9 Å². The lowest BCUT2D eigenvalue weighted by Gasteiger charge is -2.17. The molecule has 0 unspecified atom stereocenters. The molecule has 180 valence electrons. The summed E-state index contributed by atoms with van der Waals surface area (Å²) in [7, 11) is 0. The van der Waals surface area contributed by atoms with Crippen LogP contribution in [0.15, 0.2) is 12.2 Å². The van der Waals surface area contributed by atoms with Gasteiger partial charge in [0.05, 0.1) is 0 Å². The summed E-state index contributed by atoms with van der Waals surface area (Å²) in [5, 5.41) is 0. The van der Waals surface area contributed by atoms with Crippen molar-refractivity contribution in [3.63, 3.8) is 0 Å². The van der Waals surface area contributed by atoms with Gasteiger partial charge in [-0.2, -0.15) is 0 Å². The zero-order valence-corrected chi connectivity index (χ0v) is 20.0. The van der Waals surface area contributed by atoms with E-state index in [9.17, 15) is 14.4 Å². The molecule has 0 aromatic rings. The maximum Gasteiger partial charge on any atom is 0.306 e. The highest BCUT2D eigenvalue weighted by atomic mass is 16.6. The number of unbranched alkanes of at least 4 members (excludes halogenated alkanes) is 11. The Morgan fingerprint density at radius 2 is 1.13 bits per heavy atom. The van der Waals surface area contributed by atoms with Crippen LogP contribution in [0, 0.1) is 0 Å².